The van der Waals surface area contributed by atoms with Crippen LogP contribution in [0.4, 0.5) is 0 Å². The molecule has 1 fully saturated rings. The molecule has 0 amide bonds. The molecule has 3 nitrogen and oxygen atoms in total. The molecule has 3 unspecified atom stereocenters. The highest BCUT2D eigenvalue weighted by Gasteiger charge is 2.26. The first-order chi connectivity index (χ1) is 10.2. The van der Waals surface area contributed by atoms with Gasteiger partial charge in [-0.3, -0.25) is 4.68 Å². The predicted octanol–water partition coefficient (Wildman–Crippen LogP) is 4.33. The van der Waals surface area contributed by atoms with Crippen LogP contribution in [0.5, 0.6) is 0 Å². The zero-order valence-corrected chi connectivity index (χ0v) is 14.1. The van der Waals surface area contributed by atoms with Gasteiger partial charge in [-0.1, -0.05) is 40.0 Å². The molecule has 1 heterocycles. The van der Waals surface area contributed by atoms with E-state index in [1.54, 1.807) is 0 Å². The van der Waals surface area contributed by atoms with Crippen LogP contribution in [-0.4, -0.2) is 15.8 Å². The lowest BCUT2D eigenvalue weighted by Crippen LogP contribution is -2.35. The Morgan fingerprint density at radius 2 is 2.05 bits per heavy atom. The molecule has 1 aromatic rings. The molecule has 120 valence electrons. The van der Waals surface area contributed by atoms with Crippen molar-refractivity contribution in [1.29, 1.82) is 0 Å². The molecule has 3 atom stereocenters. The fourth-order valence-corrected chi connectivity index (χ4v) is 3.85. The average Bonchev–Trinajstić information content (AvgIpc) is 2.97. The summed E-state index contributed by atoms with van der Waals surface area (Å²) in [6.45, 7) is 6.78. The number of aromatic nitrogens is 2. The van der Waals surface area contributed by atoms with E-state index in [0.29, 0.717) is 12.0 Å². The monoisotopic (exact) mass is 291 g/mol. The second-order valence-corrected chi connectivity index (χ2v) is 6.83. The highest BCUT2D eigenvalue weighted by Crippen LogP contribution is 2.33. The van der Waals surface area contributed by atoms with Crippen LogP contribution < -0.4 is 5.73 Å². The van der Waals surface area contributed by atoms with Gasteiger partial charge in [-0.15, -0.1) is 0 Å². The Bertz CT molecular complexity index is 408. The van der Waals surface area contributed by atoms with Crippen molar-refractivity contribution >= 4 is 0 Å². The summed E-state index contributed by atoms with van der Waals surface area (Å²) >= 11 is 0. The van der Waals surface area contributed by atoms with Gasteiger partial charge in [0.25, 0.3) is 0 Å². The van der Waals surface area contributed by atoms with Crippen molar-refractivity contribution < 1.29 is 0 Å². The Balaban J connectivity index is 1.91. The lowest BCUT2D eigenvalue weighted by atomic mass is 9.76. The van der Waals surface area contributed by atoms with Crippen molar-refractivity contribution in [1.82, 2.24) is 9.78 Å². The molecule has 0 bridgehead atoms. The molecular weight excluding hydrogens is 258 g/mol. The van der Waals surface area contributed by atoms with E-state index in [1.807, 2.05) is 0 Å². The molecule has 0 saturated heterocycles. The largest absolute Gasteiger partial charge is 0.327 e. The average molecular weight is 291 g/mol. The molecule has 1 aliphatic rings. The lowest BCUT2D eigenvalue weighted by Gasteiger charge is -2.32. The molecule has 1 aliphatic carbocycles. The maximum atomic E-state index is 6.50. The van der Waals surface area contributed by atoms with E-state index in [-0.39, 0.29) is 6.04 Å². The molecule has 1 saturated carbocycles. The summed E-state index contributed by atoms with van der Waals surface area (Å²) in [5.41, 5.74) is 7.67. The van der Waals surface area contributed by atoms with E-state index in [9.17, 15) is 0 Å². The minimum atomic E-state index is 0.282. The minimum Gasteiger partial charge on any atom is -0.327 e. The summed E-state index contributed by atoms with van der Waals surface area (Å²) in [7, 11) is 0. The smallest absolute Gasteiger partial charge is 0.0640 e. The summed E-state index contributed by atoms with van der Waals surface area (Å²) in [5.74, 6) is 1.60. The molecule has 2 N–H and O–H groups in total. The Labute approximate surface area is 130 Å². The van der Waals surface area contributed by atoms with E-state index in [1.165, 1.54) is 37.8 Å². The fourth-order valence-electron chi connectivity index (χ4n) is 3.85. The van der Waals surface area contributed by atoms with E-state index in [4.69, 9.17) is 10.8 Å². The van der Waals surface area contributed by atoms with E-state index >= 15 is 0 Å². The summed E-state index contributed by atoms with van der Waals surface area (Å²) in [5, 5.41) is 4.76. The van der Waals surface area contributed by atoms with Gasteiger partial charge in [-0.25, -0.2) is 0 Å². The maximum absolute atomic E-state index is 6.50. The van der Waals surface area contributed by atoms with Crippen LogP contribution >= 0.6 is 0 Å². The Morgan fingerprint density at radius 3 is 2.71 bits per heavy atom. The van der Waals surface area contributed by atoms with Gasteiger partial charge in [0.1, 0.15) is 0 Å². The summed E-state index contributed by atoms with van der Waals surface area (Å²) in [6, 6.07) is 2.98. The summed E-state index contributed by atoms with van der Waals surface area (Å²) < 4.78 is 2.14. The van der Waals surface area contributed by atoms with Gasteiger partial charge in [0, 0.05) is 18.7 Å². The van der Waals surface area contributed by atoms with Gasteiger partial charge in [-0.05, 0) is 43.6 Å². The van der Waals surface area contributed by atoms with Gasteiger partial charge >= 0.3 is 0 Å². The highest BCUT2D eigenvalue weighted by atomic mass is 15.3. The summed E-state index contributed by atoms with van der Waals surface area (Å²) in [6.07, 6.45) is 12.1. The Kier molecular flexibility index (Phi) is 6.28. The van der Waals surface area contributed by atoms with Crippen LogP contribution in [0.2, 0.25) is 0 Å². The van der Waals surface area contributed by atoms with E-state index in [0.717, 1.165) is 25.2 Å². The third-order valence-electron chi connectivity index (χ3n) is 5.43. The Hall–Kier alpha value is -0.830. The number of hydrogen-bond acceptors (Lipinski definition) is 2. The zero-order chi connectivity index (χ0) is 15.2. The summed E-state index contributed by atoms with van der Waals surface area (Å²) in [4.78, 5) is 0. The molecule has 0 spiro atoms. The van der Waals surface area contributed by atoms with Crippen molar-refractivity contribution in [2.75, 3.05) is 0 Å². The van der Waals surface area contributed by atoms with E-state index in [2.05, 4.69) is 37.7 Å². The van der Waals surface area contributed by atoms with Gasteiger partial charge in [0.2, 0.25) is 0 Å². The molecule has 21 heavy (non-hydrogen) atoms. The molecule has 3 heteroatoms. The molecular formula is C18H33N3. The normalized spacial score (nSPS) is 24.4. The third kappa shape index (κ3) is 4.32. The number of nitrogens with zero attached hydrogens (tertiary/aromatic N) is 2. The van der Waals surface area contributed by atoms with Crippen molar-refractivity contribution in [2.45, 2.75) is 84.2 Å². The van der Waals surface area contributed by atoms with Gasteiger partial charge < -0.3 is 5.73 Å². The van der Waals surface area contributed by atoms with Crippen molar-refractivity contribution in [3.05, 3.63) is 18.0 Å². The number of rotatable bonds is 7. The Morgan fingerprint density at radius 1 is 1.29 bits per heavy atom. The first-order valence-electron chi connectivity index (χ1n) is 8.97. The maximum Gasteiger partial charge on any atom is 0.0640 e. The first kappa shape index (κ1) is 16.5. The van der Waals surface area contributed by atoms with Crippen LogP contribution in [-0.2, 0) is 6.42 Å². The van der Waals surface area contributed by atoms with Crippen molar-refractivity contribution in [3.63, 3.8) is 0 Å². The molecule has 2 rings (SSSR count). The first-order valence-corrected chi connectivity index (χ1v) is 8.97. The number of nitrogens with two attached hydrogens (primary N) is 1. The van der Waals surface area contributed by atoms with Gasteiger partial charge in [0.05, 0.1) is 11.7 Å². The quantitative estimate of drug-likeness (QED) is 0.812. The van der Waals surface area contributed by atoms with Crippen molar-refractivity contribution in [2.24, 2.45) is 17.6 Å². The second-order valence-electron chi connectivity index (χ2n) is 6.83. The van der Waals surface area contributed by atoms with Gasteiger partial charge in [-0.2, -0.15) is 5.10 Å². The van der Waals surface area contributed by atoms with Crippen LogP contribution in [0.25, 0.3) is 0 Å². The van der Waals surface area contributed by atoms with Crippen LogP contribution in [0.3, 0.4) is 0 Å². The molecule has 1 aromatic heterocycles. The predicted molar refractivity (Wildman–Crippen MR) is 89.3 cm³/mol. The van der Waals surface area contributed by atoms with Gasteiger partial charge in [0.15, 0.2) is 0 Å². The SMILES string of the molecule is CCC1CCCC(C(N)Cc2ccn(C(CC)CC)n2)C1. The second kappa shape index (κ2) is 7.98. The zero-order valence-electron chi connectivity index (χ0n) is 14.1. The standard InChI is InChI=1S/C18H33N3/c1-4-14-8-7-9-15(12-14)18(19)13-16-10-11-21(20-16)17(5-2)6-3/h10-11,14-15,17-18H,4-9,12-13,19H2,1-3H3. The minimum absolute atomic E-state index is 0.282. The fraction of sp³-hybridized carbons (Fsp3) is 0.833. The van der Waals surface area contributed by atoms with E-state index < -0.39 is 0 Å². The van der Waals surface area contributed by atoms with Crippen LogP contribution in [0.1, 0.15) is 77.5 Å². The van der Waals surface area contributed by atoms with Crippen LogP contribution in [0.15, 0.2) is 12.3 Å². The molecule has 0 aromatic carbocycles. The number of hydrogen-bond donors (Lipinski definition) is 1. The van der Waals surface area contributed by atoms with Crippen LogP contribution in [0, 0.1) is 11.8 Å². The van der Waals surface area contributed by atoms with Crippen molar-refractivity contribution in [3.8, 4) is 0 Å². The highest BCUT2D eigenvalue weighted by molar-refractivity contribution is 5.03. The topological polar surface area (TPSA) is 43.8 Å². The molecule has 0 aliphatic heterocycles. The lowest BCUT2D eigenvalue weighted by molar-refractivity contribution is 0.227. The third-order valence-corrected chi connectivity index (χ3v) is 5.43. The molecule has 0 radical (unpaired) electrons.